The van der Waals surface area contributed by atoms with E-state index >= 15 is 0 Å². The number of benzene rings is 2. The topological polar surface area (TPSA) is 30.7 Å². The van der Waals surface area contributed by atoms with Crippen molar-refractivity contribution in [2.45, 2.75) is 6.42 Å². The molecule has 0 spiro atoms. The van der Waals surface area contributed by atoms with Crippen LogP contribution in [0.4, 0.5) is 5.69 Å². The lowest BCUT2D eigenvalue weighted by Crippen LogP contribution is -2.18. The Bertz CT molecular complexity index is 720. The van der Waals surface area contributed by atoms with E-state index in [1.807, 2.05) is 12.1 Å². The Balaban J connectivity index is 1.71. The Morgan fingerprint density at radius 1 is 1.05 bits per heavy atom. The molecule has 0 fully saturated rings. The summed E-state index contributed by atoms with van der Waals surface area (Å²) in [5, 5.41) is 0. The third-order valence-electron chi connectivity index (χ3n) is 3.96. The maximum atomic E-state index is 5.46. The highest BCUT2D eigenvalue weighted by atomic mass is 16.7. The van der Waals surface area contributed by atoms with Gasteiger partial charge in [-0.15, -0.1) is 0 Å². The van der Waals surface area contributed by atoms with Crippen LogP contribution in [0.25, 0.3) is 0 Å². The summed E-state index contributed by atoms with van der Waals surface area (Å²) in [4.78, 5) is 0. The summed E-state index contributed by atoms with van der Waals surface area (Å²) >= 11 is 0. The number of ether oxygens (including phenoxy) is 3. The minimum absolute atomic E-state index is 0.320. The number of hydrogen-bond donors (Lipinski definition) is 0. The molecule has 4 heteroatoms. The smallest absolute Gasteiger partial charge is 0.231 e. The summed E-state index contributed by atoms with van der Waals surface area (Å²) in [5.74, 6) is 2.57. The van der Waals surface area contributed by atoms with Gasteiger partial charge in [0, 0.05) is 24.1 Å². The Morgan fingerprint density at radius 3 is 2.57 bits per heavy atom. The first-order chi connectivity index (χ1) is 10.3. The van der Waals surface area contributed by atoms with E-state index in [2.05, 4.69) is 35.1 Å². The highest BCUT2D eigenvalue weighted by Crippen LogP contribution is 2.35. The zero-order valence-electron chi connectivity index (χ0n) is 11.8. The van der Waals surface area contributed by atoms with Crippen LogP contribution in [0.15, 0.2) is 36.4 Å². The van der Waals surface area contributed by atoms with Crippen LogP contribution in [-0.2, 0) is 6.42 Å². The van der Waals surface area contributed by atoms with E-state index in [1.165, 1.54) is 16.8 Å². The fourth-order valence-electron chi connectivity index (χ4n) is 2.79. The summed E-state index contributed by atoms with van der Waals surface area (Å²) in [7, 11) is 1.68. The molecule has 21 heavy (non-hydrogen) atoms. The van der Waals surface area contributed by atoms with Gasteiger partial charge in [-0.05, 0) is 29.8 Å². The molecule has 0 saturated carbocycles. The molecule has 2 aliphatic heterocycles. The van der Waals surface area contributed by atoms with Gasteiger partial charge >= 0.3 is 0 Å². The van der Waals surface area contributed by atoms with E-state index in [9.17, 15) is 0 Å². The average Bonchev–Trinajstić information content (AvgIpc) is 2.99. The van der Waals surface area contributed by atoms with Gasteiger partial charge in [0.1, 0.15) is 5.75 Å². The highest BCUT2D eigenvalue weighted by Gasteiger charge is 2.23. The van der Waals surface area contributed by atoms with E-state index in [1.54, 1.807) is 7.11 Å². The second kappa shape index (κ2) is 4.81. The maximum Gasteiger partial charge on any atom is 0.231 e. The van der Waals surface area contributed by atoms with Crippen molar-refractivity contribution in [2.75, 3.05) is 20.4 Å². The van der Waals surface area contributed by atoms with Crippen molar-refractivity contribution in [1.82, 2.24) is 0 Å². The zero-order valence-corrected chi connectivity index (χ0v) is 11.8. The van der Waals surface area contributed by atoms with Gasteiger partial charge in [-0.25, -0.2) is 0 Å². The molecule has 0 atom stereocenters. The Kier molecular flexibility index (Phi) is 2.81. The molecule has 2 heterocycles. The molecule has 0 radical (unpaired) electrons. The van der Waals surface area contributed by atoms with Gasteiger partial charge in [0.2, 0.25) is 12.5 Å². The molecule has 106 valence electrons. The van der Waals surface area contributed by atoms with Crippen LogP contribution in [0.5, 0.6) is 17.2 Å². The summed E-state index contributed by atoms with van der Waals surface area (Å²) in [6.45, 7) is 1.28. The lowest BCUT2D eigenvalue weighted by atomic mass is 10.0. The SMILES string of the molecule is COc1ccc([N+]2=Cc3cc4c(cc3CC2)OCO4)cc1. The van der Waals surface area contributed by atoms with Crippen LogP contribution >= 0.6 is 0 Å². The van der Waals surface area contributed by atoms with Gasteiger partial charge in [-0.3, -0.25) is 0 Å². The Hall–Kier alpha value is -2.49. The molecule has 2 aromatic carbocycles. The molecule has 2 aliphatic rings. The predicted molar refractivity (Wildman–Crippen MR) is 79.2 cm³/mol. The van der Waals surface area contributed by atoms with Gasteiger partial charge in [0.25, 0.3) is 0 Å². The number of methoxy groups -OCH3 is 1. The van der Waals surface area contributed by atoms with Crippen LogP contribution in [0.3, 0.4) is 0 Å². The molecule has 0 aromatic heterocycles. The van der Waals surface area contributed by atoms with Crippen molar-refractivity contribution in [3.05, 3.63) is 47.5 Å². The summed E-state index contributed by atoms with van der Waals surface area (Å²) in [5.41, 5.74) is 3.67. The molecular formula is C17H16NO3+. The molecule has 0 aliphatic carbocycles. The first kappa shape index (κ1) is 12.3. The molecule has 0 amide bonds. The van der Waals surface area contributed by atoms with E-state index in [-0.39, 0.29) is 0 Å². The van der Waals surface area contributed by atoms with E-state index in [4.69, 9.17) is 14.2 Å². The first-order valence-corrected chi connectivity index (χ1v) is 7.01. The number of hydrogen-bond acceptors (Lipinski definition) is 3. The first-order valence-electron chi connectivity index (χ1n) is 7.01. The predicted octanol–water partition coefficient (Wildman–Crippen LogP) is 2.74. The van der Waals surface area contributed by atoms with E-state index in [0.717, 1.165) is 30.2 Å². The number of rotatable bonds is 2. The van der Waals surface area contributed by atoms with Gasteiger partial charge in [0.05, 0.1) is 7.11 Å². The highest BCUT2D eigenvalue weighted by molar-refractivity contribution is 5.81. The number of nitrogens with zero attached hydrogens (tertiary/aromatic N) is 1. The van der Waals surface area contributed by atoms with E-state index < -0.39 is 0 Å². The lowest BCUT2D eigenvalue weighted by molar-refractivity contribution is -0.436. The number of fused-ring (bicyclic) bond motifs is 2. The van der Waals surface area contributed by atoms with Gasteiger partial charge < -0.3 is 14.2 Å². The fraction of sp³-hybridized carbons (Fsp3) is 0.235. The summed E-state index contributed by atoms with van der Waals surface area (Å²) in [6.07, 6.45) is 3.16. The van der Waals surface area contributed by atoms with Crippen LogP contribution in [0.1, 0.15) is 11.1 Å². The van der Waals surface area contributed by atoms with Crippen molar-refractivity contribution >= 4 is 11.9 Å². The van der Waals surface area contributed by atoms with Crippen molar-refractivity contribution in [3.63, 3.8) is 0 Å². The second-order valence-electron chi connectivity index (χ2n) is 5.17. The van der Waals surface area contributed by atoms with Gasteiger partial charge in [0.15, 0.2) is 24.3 Å². The molecule has 0 N–H and O–H groups in total. The van der Waals surface area contributed by atoms with Crippen molar-refractivity contribution in [2.24, 2.45) is 0 Å². The minimum atomic E-state index is 0.320. The Labute approximate surface area is 123 Å². The van der Waals surface area contributed by atoms with Crippen LogP contribution in [-0.4, -0.2) is 31.2 Å². The van der Waals surface area contributed by atoms with Crippen molar-refractivity contribution in [3.8, 4) is 17.2 Å². The minimum Gasteiger partial charge on any atom is -0.497 e. The molecule has 4 nitrogen and oxygen atoms in total. The summed E-state index contributed by atoms with van der Waals surface area (Å²) in [6, 6.07) is 12.3. The summed E-state index contributed by atoms with van der Waals surface area (Å²) < 4.78 is 18.4. The van der Waals surface area contributed by atoms with Gasteiger partial charge in [-0.2, -0.15) is 4.58 Å². The molecule has 0 saturated heterocycles. The third kappa shape index (κ3) is 2.13. The third-order valence-corrected chi connectivity index (χ3v) is 3.96. The monoisotopic (exact) mass is 282 g/mol. The van der Waals surface area contributed by atoms with Crippen molar-refractivity contribution < 1.29 is 18.8 Å². The largest absolute Gasteiger partial charge is 0.497 e. The molecule has 0 bridgehead atoms. The maximum absolute atomic E-state index is 5.46. The van der Waals surface area contributed by atoms with Crippen LogP contribution in [0.2, 0.25) is 0 Å². The lowest BCUT2D eigenvalue weighted by Gasteiger charge is -2.13. The second-order valence-corrected chi connectivity index (χ2v) is 5.17. The quantitative estimate of drug-likeness (QED) is 0.794. The molecule has 0 unspecified atom stereocenters. The van der Waals surface area contributed by atoms with E-state index in [0.29, 0.717) is 6.79 Å². The molecular weight excluding hydrogens is 266 g/mol. The van der Waals surface area contributed by atoms with Crippen LogP contribution in [0, 0.1) is 0 Å². The standard InChI is InChI=1S/C17H16NO3/c1-19-15-4-2-14(3-5-15)18-7-6-12-8-16-17(21-11-20-16)9-13(12)10-18/h2-5,8-10H,6-7,11H2,1H3/q+1. The Morgan fingerprint density at radius 2 is 1.81 bits per heavy atom. The van der Waals surface area contributed by atoms with Crippen molar-refractivity contribution in [1.29, 1.82) is 0 Å². The average molecular weight is 282 g/mol. The fourth-order valence-corrected chi connectivity index (χ4v) is 2.79. The zero-order chi connectivity index (χ0) is 14.2. The normalized spacial score (nSPS) is 15.4. The van der Waals surface area contributed by atoms with Gasteiger partial charge in [-0.1, -0.05) is 0 Å². The molecule has 2 aromatic rings. The molecule has 4 rings (SSSR count). The van der Waals surface area contributed by atoms with Crippen LogP contribution < -0.4 is 14.2 Å².